The molecular weight excluding hydrogens is 329 g/mol. The molecule has 0 N–H and O–H groups in total. The Morgan fingerprint density at radius 1 is 1.08 bits per heavy atom. The molecule has 0 saturated heterocycles. The van der Waals surface area contributed by atoms with Crippen LogP contribution in [0.5, 0.6) is 0 Å². The highest BCUT2D eigenvalue weighted by Crippen LogP contribution is 2.24. The maximum Gasteiger partial charge on any atom is 0.267 e. The molecule has 0 spiro atoms. The molecule has 0 atom stereocenters. The van der Waals surface area contributed by atoms with Gasteiger partial charge in [-0.3, -0.25) is 4.79 Å². The van der Waals surface area contributed by atoms with Gasteiger partial charge in [-0.2, -0.15) is 0 Å². The van der Waals surface area contributed by atoms with E-state index in [2.05, 4.69) is 0 Å². The van der Waals surface area contributed by atoms with Crippen LogP contribution in [0.15, 0.2) is 65.1 Å². The first-order valence-electron chi connectivity index (χ1n) is 7.44. The Hall–Kier alpha value is -2.47. The number of halogens is 1. The van der Waals surface area contributed by atoms with Gasteiger partial charge >= 0.3 is 0 Å². The summed E-state index contributed by atoms with van der Waals surface area (Å²) in [5.74, 6) is -0.965. The van der Waals surface area contributed by atoms with Gasteiger partial charge in [0, 0.05) is 6.08 Å². The van der Waals surface area contributed by atoms with Crippen LogP contribution in [-0.4, -0.2) is 25.2 Å². The van der Waals surface area contributed by atoms with E-state index in [1.165, 1.54) is 24.3 Å². The molecule has 1 heterocycles. The van der Waals surface area contributed by atoms with Crippen LogP contribution >= 0.6 is 0 Å². The van der Waals surface area contributed by atoms with Gasteiger partial charge in [0.1, 0.15) is 5.82 Å². The van der Waals surface area contributed by atoms with Crippen LogP contribution in [0.1, 0.15) is 11.1 Å². The van der Waals surface area contributed by atoms with Crippen LogP contribution in [0.2, 0.25) is 0 Å². The molecule has 0 unspecified atom stereocenters. The smallest absolute Gasteiger partial charge is 0.267 e. The number of carbonyl (C=O) groups excluding carboxylic acids is 1. The Morgan fingerprint density at radius 2 is 1.75 bits per heavy atom. The quantitative estimate of drug-likeness (QED) is 0.856. The molecule has 124 valence electrons. The number of nitrogens with zero attached hydrogens (tertiary/aromatic N) is 1. The van der Waals surface area contributed by atoms with E-state index in [9.17, 15) is 17.6 Å². The molecule has 0 aliphatic carbocycles. The second kappa shape index (κ2) is 6.20. The zero-order valence-electron chi connectivity index (χ0n) is 13.1. The topological polar surface area (TPSA) is 54.5 Å². The lowest BCUT2D eigenvalue weighted by Crippen LogP contribution is -2.33. The van der Waals surface area contributed by atoms with Crippen LogP contribution in [0.25, 0.3) is 0 Å². The monoisotopic (exact) mass is 345 g/mol. The first kappa shape index (κ1) is 16.4. The van der Waals surface area contributed by atoms with Crippen LogP contribution in [-0.2, 0) is 21.2 Å². The molecule has 2 aromatic carbocycles. The standard InChI is InChI=1S/C18H16FNO3S/c1-13-6-8-16(9-7-13)24(22,23)20-12-14(11-18(20)21)10-15-4-2-3-5-17(15)19/h2-9,11H,10,12H2,1H3. The molecule has 1 aliphatic rings. The Kier molecular flexibility index (Phi) is 4.24. The minimum absolute atomic E-state index is 0.0522. The summed E-state index contributed by atoms with van der Waals surface area (Å²) in [6.07, 6.45) is 1.48. The zero-order chi connectivity index (χ0) is 17.3. The molecule has 4 nitrogen and oxygen atoms in total. The number of carbonyl (C=O) groups is 1. The van der Waals surface area contributed by atoms with E-state index in [1.807, 2.05) is 6.92 Å². The highest BCUT2D eigenvalue weighted by molar-refractivity contribution is 7.89. The molecule has 1 amide bonds. The van der Waals surface area contributed by atoms with Crippen molar-refractivity contribution >= 4 is 15.9 Å². The molecule has 1 aliphatic heterocycles. The first-order valence-corrected chi connectivity index (χ1v) is 8.88. The Bertz CT molecular complexity index is 918. The lowest BCUT2D eigenvalue weighted by atomic mass is 10.1. The minimum atomic E-state index is -3.90. The van der Waals surface area contributed by atoms with Crippen molar-refractivity contribution < 1.29 is 17.6 Å². The second-order valence-electron chi connectivity index (χ2n) is 5.73. The lowest BCUT2D eigenvalue weighted by Gasteiger charge is -2.17. The molecule has 0 fully saturated rings. The number of amides is 1. The fourth-order valence-corrected chi connectivity index (χ4v) is 3.95. The average molecular weight is 345 g/mol. The predicted molar refractivity (Wildman–Crippen MR) is 88.3 cm³/mol. The summed E-state index contributed by atoms with van der Waals surface area (Å²) in [7, 11) is -3.90. The fourth-order valence-electron chi connectivity index (χ4n) is 2.59. The van der Waals surface area contributed by atoms with Crippen LogP contribution in [0.3, 0.4) is 0 Å². The lowest BCUT2D eigenvalue weighted by molar-refractivity contribution is -0.120. The summed E-state index contributed by atoms with van der Waals surface area (Å²) >= 11 is 0. The third-order valence-corrected chi connectivity index (χ3v) is 5.66. The van der Waals surface area contributed by atoms with E-state index >= 15 is 0 Å². The Morgan fingerprint density at radius 3 is 2.42 bits per heavy atom. The Labute approximate surface area is 140 Å². The molecule has 0 saturated carbocycles. The van der Waals surface area contributed by atoms with E-state index in [-0.39, 0.29) is 23.7 Å². The fraction of sp³-hybridized carbons (Fsp3) is 0.167. The molecule has 6 heteroatoms. The molecule has 0 radical (unpaired) electrons. The summed E-state index contributed by atoms with van der Waals surface area (Å²) in [5, 5.41) is 0. The van der Waals surface area contributed by atoms with Gasteiger partial charge in [0.15, 0.2) is 0 Å². The van der Waals surface area contributed by atoms with Gasteiger partial charge in [-0.05, 0) is 42.7 Å². The molecule has 3 rings (SSSR count). The van der Waals surface area contributed by atoms with Crippen molar-refractivity contribution in [2.45, 2.75) is 18.2 Å². The van der Waals surface area contributed by atoms with Gasteiger partial charge in [0.25, 0.3) is 15.9 Å². The summed E-state index contributed by atoms with van der Waals surface area (Å²) in [4.78, 5) is 12.2. The van der Waals surface area contributed by atoms with Gasteiger partial charge < -0.3 is 0 Å². The summed E-state index contributed by atoms with van der Waals surface area (Å²) in [5.41, 5.74) is 1.94. The zero-order valence-corrected chi connectivity index (χ0v) is 13.9. The van der Waals surface area contributed by atoms with Crippen molar-refractivity contribution in [1.82, 2.24) is 4.31 Å². The highest BCUT2D eigenvalue weighted by atomic mass is 32.2. The maximum absolute atomic E-state index is 13.7. The molecule has 24 heavy (non-hydrogen) atoms. The second-order valence-corrected chi connectivity index (χ2v) is 7.60. The van der Waals surface area contributed by atoms with Crippen molar-refractivity contribution in [2.75, 3.05) is 6.54 Å². The van der Waals surface area contributed by atoms with E-state index in [0.29, 0.717) is 11.1 Å². The van der Waals surface area contributed by atoms with Gasteiger partial charge in [0.2, 0.25) is 0 Å². The number of sulfonamides is 1. The third-order valence-electron chi connectivity index (χ3n) is 3.90. The summed E-state index contributed by atoms with van der Waals surface area (Å²) < 4.78 is 39.8. The SMILES string of the molecule is Cc1ccc(S(=O)(=O)N2CC(Cc3ccccc3F)=CC2=O)cc1. The normalized spacial score (nSPS) is 14.8. The van der Waals surface area contributed by atoms with Crippen molar-refractivity contribution in [2.24, 2.45) is 0 Å². The highest BCUT2D eigenvalue weighted by Gasteiger charge is 2.33. The van der Waals surface area contributed by atoms with Crippen LogP contribution in [0.4, 0.5) is 4.39 Å². The molecular formula is C18H16FNO3S. The minimum Gasteiger partial charge on any atom is -0.269 e. The summed E-state index contributed by atoms with van der Waals surface area (Å²) in [6, 6.07) is 12.6. The number of hydrogen-bond donors (Lipinski definition) is 0. The van der Waals surface area contributed by atoms with E-state index < -0.39 is 15.9 Å². The van der Waals surface area contributed by atoms with Crippen molar-refractivity contribution in [3.05, 3.63) is 77.1 Å². The van der Waals surface area contributed by atoms with Gasteiger partial charge in [-0.1, -0.05) is 35.9 Å². The number of benzene rings is 2. The van der Waals surface area contributed by atoms with Gasteiger partial charge in [0.05, 0.1) is 11.4 Å². The molecule has 0 bridgehead atoms. The van der Waals surface area contributed by atoms with E-state index in [4.69, 9.17) is 0 Å². The summed E-state index contributed by atoms with van der Waals surface area (Å²) in [6.45, 7) is 1.80. The van der Waals surface area contributed by atoms with Crippen molar-refractivity contribution in [3.8, 4) is 0 Å². The number of rotatable bonds is 4. The third kappa shape index (κ3) is 3.10. The number of aryl methyl sites for hydroxylation is 1. The predicted octanol–water partition coefficient (Wildman–Crippen LogP) is 2.83. The van der Waals surface area contributed by atoms with Crippen LogP contribution in [0, 0.1) is 12.7 Å². The Balaban J connectivity index is 1.82. The van der Waals surface area contributed by atoms with Crippen LogP contribution < -0.4 is 0 Å². The maximum atomic E-state index is 13.7. The van der Waals surface area contributed by atoms with E-state index in [1.54, 1.807) is 30.3 Å². The molecule has 2 aromatic rings. The van der Waals surface area contributed by atoms with Crippen molar-refractivity contribution in [1.29, 1.82) is 0 Å². The average Bonchev–Trinajstić information content (AvgIpc) is 2.91. The number of hydrogen-bond acceptors (Lipinski definition) is 3. The van der Waals surface area contributed by atoms with Crippen molar-refractivity contribution in [3.63, 3.8) is 0 Å². The molecule has 0 aromatic heterocycles. The largest absolute Gasteiger partial charge is 0.269 e. The van der Waals surface area contributed by atoms with Gasteiger partial charge in [-0.25, -0.2) is 17.1 Å². The van der Waals surface area contributed by atoms with E-state index in [0.717, 1.165) is 9.87 Å². The first-order chi connectivity index (χ1) is 11.4. The van der Waals surface area contributed by atoms with Gasteiger partial charge in [-0.15, -0.1) is 0 Å².